The Kier molecular flexibility index (Phi) is 5.78. The Morgan fingerprint density at radius 1 is 0.969 bits per heavy atom. The van der Waals surface area contributed by atoms with Crippen molar-refractivity contribution in [2.45, 2.75) is 27.2 Å². The minimum absolute atomic E-state index is 0.0132. The van der Waals surface area contributed by atoms with E-state index in [1.54, 1.807) is 24.3 Å². The number of benzene rings is 2. The van der Waals surface area contributed by atoms with Gasteiger partial charge in [-0.2, -0.15) is 0 Å². The molecule has 2 aliphatic rings. The summed E-state index contributed by atoms with van der Waals surface area (Å²) in [5.74, 6) is -1.98. The van der Waals surface area contributed by atoms with Crippen molar-refractivity contribution in [1.82, 2.24) is 0 Å². The van der Waals surface area contributed by atoms with Crippen LogP contribution in [0.4, 0.5) is 5.69 Å². The maximum absolute atomic E-state index is 12.9. The summed E-state index contributed by atoms with van der Waals surface area (Å²) in [6.45, 7) is 5.46. The van der Waals surface area contributed by atoms with Crippen molar-refractivity contribution < 1.29 is 23.9 Å². The molecule has 1 fully saturated rings. The molecule has 32 heavy (non-hydrogen) atoms. The number of ether oxygens (including phenoxy) is 1. The third-order valence-electron chi connectivity index (χ3n) is 6.40. The van der Waals surface area contributed by atoms with E-state index in [0.717, 1.165) is 11.1 Å². The Bertz CT molecular complexity index is 1130. The highest BCUT2D eigenvalue weighted by Crippen LogP contribution is 2.40. The van der Waals surface area contributed by atoms with Gasteiger partial charge in [0, 0.05) is 5.56 Å². The van der Waals surface area contributed by atoms with Crippen LogP contribution in [0.2, 0.25) is 0 Å². The molecule has 6 nitrogen and oxygen atoms in total. The average Bonchev–Trinajstić information content (AvgIpc) is 3.05. The van der Waals surface area contributed by atoms with E-state index in [4.69, 9.17) is 4.74 Å². The van der Waals surface area contributed by atoms with Gasteiger partial charge in [0.05, 0.1) is 23.1 Å². The topological polar surface area (TPSA) is 80.8 Å². The lowest BCUT2D eigenvalue weighted by Gasteiger charge is -2.22. The van der Waals surface area contributed by atoms with Crippen LogP contribution in [0.15, 0.2) is 54.6 Å². The highest BCUT2D eigenvalue weighted by Gasteiger charge is 2.50. The molecule has 1 saturated heterocycles. The van der Waals surface area contributed by atoms with Crippen LogP contribution in [-0.2, 0) is 14.3 Å². The molecular weight excluding hydrogens is 406 g/mol. The van der Waals surface area contributed by atoms with Crippen LogP contribution in [0.5, 0.6) is 0 Å². The van der Waals surface area contributed by atoms with Crippen molar-refractivity contribution in [3.05, 3.63) is 76.9 Å². The first-order chi connectivity index (χ1) is 15.3. The van der Waals surface area contributed by atoms with Crippen LogP contribution < -0.4 is 4.90 Å². The van der Waals surface area contributed by atoms with Gasteiger partial charge in [-0.15, -0.1) is 0 Å². The first kappa shape index (κ1) is 21.7. The Hall–Kier alpha value is -3.54. The number of imide groups is 1. The summed E-state index contributed by atoms with van der Waals surface area (Å²) in [6, 6.07) is 11.5. The van der Waals surface area contributed by atoms with Crippen molar-refractivity contribution in [3.8, 4) is 0 Å². The zero-order valence-electron chi connectivity index (χ0n) is 18.3. The standard InChI is InChI=1S/C26H25NO5/c1-15-7-8-19(13-17(15)3)22(28)14-32-26(31)18-9-11-20(12-10-18)27-24(29)21-6-4-5-16(2)23(21)25(27)30/h4-5,7-13,16,21,23H,6,14H2,1-3H3/t16-,21+,23+/m0/s1. The number of carbonyl (C=O) groups is 4. The monoisotopic (exact) mass is 431 g/mol. The van der Waals surface area contributed by atoms with Gasteiger partial charge in [-0.25, -0.2) is 4.79 Å². The molecule has 3 atom stereocenters. The summed E-state index contributed by atoms with van der Waals surface area (Å²) >= 11 is 0. The van der Waals surface area contributed by atoms with Gasteiger partial charge in [0.1, 0.15) is 0 Å². The van der Waals surface area contributed by atoms with Crippen LogP contribution in [0.1, 0.15) is 45.2 Å². The van der Waals surface area contributed by atoms with Crippen LogP contribution in [0.25, 0.3) is 0 Å². The number of allylic oxidation sites excluding steroid dienone is 2. The van der Waals surface area contributed by atoms with Gasteiger partial charge in [0.25, 0.3) is 0 Å². The van der Waals surface area contributed by atoms with Gasteiger partial charge in [0.2, 0.25) is 11.8 Å². The highest BCUT2D eigenvalue weighted by molar-refractivity contribution is 6.22. The normalized spacial score (nSPS) is 22.1. The molecule has 2 amide bonds. The fourth-order valence-electron chi connectivity index (χ4n) is 4.36. The number of nitrogens with zero attached hydrogens (tertiary/aromatic N) is 1. The number of esters is 1. The SMILES string of the molecule is Cc1ccc(C(=O)COC(=O)c2ccc(N3C(=O)[C@@H]4[C@@H](C)C=CC[C@H]4C3=O)cc2)cc1C. The number of anilines is 1. The van der Waals surface area contributed by atoms with E-state index in [0.29, 0.717) is 17.7 Å². The average molecular weight is 431 g/mol. The van der Waals surface area contributed by atoms with Crippen molar-refractivity contribution in [1.29, 1.82) is 0 Å². The molecule has 0 saturated carbocycles. The van der Waals surface area contributed by atoms with Gasteiger partial charge < -0.3 is 4.74 Å². The second-order valence-electron chi connectivity index (χ2n) is 8.51. The minimum atomic E-state index is -0.640. The predicted molar refractivity (Wildman–Crippen MR) is 119 cm³/mol. The number of fused-ring (bicyclic) bond motifs is 1. The number of carbonyl (C=O) groups excluding carboxylic acids is 4. The van der Waals surface area contributed by atoms with E-state index in [1.165, 1.54) is 17.0 Å². The molecule has 1 heterocycles. The third kappa shape index (κ3) is 3.88. The van der Waals surface area contributed by atoms with Crippen molar-refractivity contribution in [3.63, 3.8) is 0 Å². The number of rotatable bonds is 5. The fourth-order valence-corrected chi connectivity index (χ4v) is 4.36. The van der Waals surface area contributed by atoms with Crippen molar-refractivity contribution in [2.75, 3.05) is 11.5 Å². The molecule has 0 aromatic heterocycles. The molecule has 164 valence electrons. The maximum atomic E-state index is 12.9. The van der Waals surface area contributed by atoms with E-state index in [9.17, 15) is 19.2 Å². The quantitative estimate of drug-likeness (QED) is 0.309. The van der Waals surface area contributed by atoms with E-state index in [1.807, 2.05) is 39.0 Å². The Morgan fingerprint density at radius 2 is 1.66 bits per heavy atom. The second-order valence-corrected chi connectivity index (χ2v) is 8.51. The Morgan fingerprint density at radius 3 is 2.31 bits per heavy atom. The zero-order valence-corrected chi connectivity index (χ0v) is 18.3. The van der Waals surface area contributed by atoms with E-state index in [2.05, 4.69) is 0 Å². The summed E-state index contributed by atoms with van der Waals surface area (Å²) in [5.41, 5.74) is 3.25. The largest absolute Gasteiger partial charge is 0.454 e. The van der Waals surface area contributed by atoms with Crippen molar-refractivity contribution in [2.24, 2.45) is 17.8 Å². The summed E-state index contributed by atoms with van der Waals surface area (Å²) in [4.78, 5) is 51.6. The lowest BCUT2D eigenvalue weighted by molar-refractivity contribution is -0.122. The minimum Gasteiger partial charge on any atom is -0.454 e. The smallest absolute Gasteiger partial charge is 0.338 e. The molecule has 2 aromatic rings. The predicted octanol–water partition coefficient (Wildman–Crippen LogP) is 4.04. The second kappa shape index (κ2) is 8.54. The summed E-state index contributed by atoms with van der Waals surface area (Å²) in [7, 11) is 0. The number of hydrogen-bond donors (Lipinski definition) is 0. The number of aryl methyl sites for hydroxylation is 2. The van der Waals surface area contributed by atoms with Crippen LogP contribution in [-0.4, -0.2) is 30.2 Å². The summed E-state index contributed by atoms with van der Waals surface area (Å²) in [5, 5.41) is 0. The van der Waals surface area contributed by atoms with Gasteiger partial charge in [-0.05, 0) is 67.6 Å². The summed E-state index contributed by atoms with van der Waals surface area (Å²) in [6.07, 6.45) is 4.50. The lowest BCUT2D eigenvalue weighted by Crippen LogP contribution is -2.31. The molecule has 1 aliphatic carbocycles. The van der Waals surface area contributed by atoms with Crippen molar-refractivity contribution >= 4 is 29.3 Å². The van der Waals surface area contributed by atoms with E-state index >= 15 is 0 Å². The first-order valence-corrected chi connectivity index (χ1v) is 10.7. The Balaban J connectivity index is 1.42. The molecule has 0 unspecified atom stereocenters. The van der Waals surface area contributed by atoms with Crippen LogP contribution in [0.3, 0.4) is 0 Å². The van der Waals surface area contributed by atoms with Gasteiger partial charge in [-0.3, -0.25) is 19.3 Å². The number of hydrogen-bond acceptors (Lipinski definition) is 5. The Labute approximate surface area is 186 Å². The van der Waals surface area contributed by atoms with Gasteiger partial charge in [-0.1, -0.05) is 31.2 Å². The van der Waals surface area contributed by atoms with Gasteiger partial charge >= 0.3 is 5.97 Å². The third-order valence-corrected chi connectivity index (χ3v) is 6.40. The van der Waals surface area contributed by atoms with Gasteiger partial charge in [0.15, 0.2) is 12.4 Å². The molecule has 1 aliphatic heterocycles. The number of Topliss-reactive ketones (excluding diaryl/α,β-unsaturated/α-hetero) is 1. The molecule has 2 aromatic carbocycles. The molecular formula is C26H25NO5. The highest BCUT2D eigenvalue weighted by atomic mass is 16.5. The van der Waals surface area contributed by atoms with E-state index in [-0.39, 0.29) is 47.5 Å². The molecule has 0 bridgehead atoms. The zero-order chi connectivity index (χ0) is 23.0. The maximum Gasteiger partial charge on any atom is 0.338 e. The van der Waals surface area contributed by atoms with Crippen LogP contribution in [0, 0.1) is 31.6 Å². The molecule has 4 rings (SSSR count). The summed E-state index contributed by atoms with van der Waals surface area (Å²) < 4.78 is 5.17. The molecule has 0 N–H and O–H groups in total. The van der Waals surface area contributed by atoms with E-state index < -0.39 is 5.97 Å². The molecule has 6 heteroatoms. The molecule has 0 radical (unpaired) electrons. The number of amides is 2. The number of ketones is 1. The fraction of sp³-hybridized carbons (Fsp3) is 0.308. The molecule has 0 spiro atoms. The first-order valence-electron chi connectivity index (χ1n) is 10.7. The van der Waals surface area contributed by atoms with Crippen LogP contribution >= 0.6 is 0 Å². The lowest BCUT2D eigenvalue weighted by atomic mass is 9.78.